The number of benzene rings is 1. The van der Waals surface area contributed by atoms with Gasteiger partial charge in [0.25, 0.3) is 0 Å². The molecular weight excluding hydrogens is 356 g/mol. The molecule has 0 saturated carbocycles. The Bertz CT molecular complexity index is 667. The van der Waals surface area contributed by atoms with Crippen LogP contribution in [0.5, 0.6) is 5.75 Å². The highest BCUT2D eigenvalue weighted by atomic mass is 79.9. The molecule has 0 aliphatic carbocycles. The van der Waals surface area contributed by atoms with Gasteiger partial charge in [0.2, 0.25) is 5.95 Å². The number of imidazole rings is 1. The predicted molar refractivity (Wildman–Crippen MR) is 98.1 cm³/mol. The van der Waals surface area contributed by atoms with Crippen LogP contribution in [0.2, 0.25) is 0 Å². The molecular formula is C17H23BrN4O. The van der Waals surface area contributed by atoms with Gasteiger partial charge in [-0.2, -0.15) is 5.10 Å². The van der Waals surface area contributed by atoms with Gasteiger partial charge in [-0.15, -0.1) is 0 Å². The average molecular weight is 379 g/mol. The summed E-state index contributed by atoms with van der Waals surface area (Å²) in [6.07, 6.45) is 8.26. The van der Waals surface area contributed by atoms with Gasteiger partial charge >= 0.3 is 0 Å². The molecule has 0 amide bonds. The number of rotatable bonds is 8. The SMILES string of the molecule is CCCCCCOc1ccc(Br)cc1C=Nn1cc(C)nc1N. The Kier molecular flexibility index (Phi) is 6.65. The molecule has 6 heteroatoms. The van der Waals surface area contributed by atoms with Crippen LogP contribution < -0.4 is 10.5 Å². The molecule has 0 aliphatic heterocycles. The Labute approximate surface area is 145 Å². The molecule has 0 radical (unpaired) electrons. The van der Waals surface area contributed by atoms with Crippen LogP contribution in [0, 0.1) is 6.92 Å². The van der Waals surface area contributed by atoms with Gasteiger partial charge in [-0.25, -0.2) is 9.66 Å². The van der Waals surface area contributed by atoms with Gasteiger partial charge < -0.3 is 10.5 Å². The molecule has 2 N–H and O–H groups in total. The maximum atomic E-state index is 5.89. The minimum absolute atomic E-state index is 0.371. The van der Waals surface area contributed by atoms with Gasteiger partial charge in [0.1, 0.15) is 5.75 Å². The van der Waals surface area contributed by atoms with Gasteiger partial charge in [0, 0.05) is 10.0 Å². The van der Waals surface area contributed by atoms with E-state index in [2.05, 4.69) is 32.9 Å². The van der Waals surface area contributed by atoms with E-state index in [-0.39, 0.29) is 0 Å². The second kappa shape index (κ2) is 8.72. The molecule has 0 saturated heterocycles. The average Bonchev–Trinajstić information content (AvgIpc) is 2.84. The molecule has 1 aromatic carbocycles. The molecule has 2 rings (SSSR count). The number of nitrogens with two attached hydrogens (primary N) is 1. The summed E-state index contributed by atoms with van der Waals surface area (Å²) in [5, 5.41) is 4.36. The van der Waals surface area contributed by atoms with Crippen molar-refractivity contribution in [3.63, 3.8) is 0 Å². The predicted octanol–water partition coefficient (Wildman–Crippen LogP) is 4.38. The van der Waals surface area contributed by atoms with Crippen LogP contribution in [0.1, 0.15) is 43.9 Å². The Morgan fingerprint density at radius 1 is 1.35 bits per heavy atom. The summed E-state index contributed by atoms with van der Waals surface area (Å²) in [5.41, 5.74) is 7.54. The minimum Gasteiger partial charge on any atom is -0.493 e. The van der Waals surface area contributed by atoms with Crippen molar-refractivity contribution in [2.45, 2.75) is 39.5 Å². The molecule has 0 bridgehead atoms. The van der Waals surface area contributed by atoms with E-state index in [0.717, 1.165) is 34.5 Å². The zero-order chi connectivity index (χ0) is 16.7. The van der Waals surface area contributed by atoms with Crippen molar-refractivity contribution >= 4 is 28.1 Å². The summed E-state index contributed by atoms with van der Waals surface area (Å²) >= 11 is 3.48. The third-order valence-corrected chi connectivity index (χ3v) is 3.88. The molecule has 1 heterocycles. The van der Waals surface area contributed by atoms with Gasteiger partial charge in [0.05, 0.1) is 24.7 Å². The molecule has 2 aromatic rings. The summed E-state index contributed by atoms with van der Waals surface area (Å²) < 4.78 is 8.43. The fourth-order valence-electron chi connectivity index (χ4n) is 2.18. The fourth-order valence-corrected chi connectivity index (χ4v) is 2.56. The molecule has 0 unspecified atom stereocenters. The van der Waals surface area contributed by atoms with Crippen LogP contribution in [-0.4, -0.2) is 22.5 Å². The lowest BCUT2D eigenvalue weighted by Crippen LogP contribution is -2.01. The van der Waals surface area contributed by atoms with Crippen molar-refractivity contribution in [3.05, 3.63) is 40.1 Å². The van der Waals surface area contributed by atoms with E-state index in [4.69, 9.17) is 10.5 Å². The number of aryl methyl sites for hydroxylation is 1. The quantitative estimate of drug-likeness (QED) is 0.547. The van der Waals surface area contributed by atoms with Crippen molar-refractivity contribution in [1.29, 1.82) is 0 Å². The maximum Gasteiger partial charge on any atom is 0.221 e. The highest BCUT2D eigenvalue weighted by Crippen LogP contribution is 2.22. The Hall–Kier alpha value is -1.82. The van der Waals surface area contributed by atoms with E-state index in [0.29, 0.717) is 5.95 Å². The fraction of sp³-hybridized carbons (Fsp3) is 0.412. The maximum absolute atomic E-state index is 5.89. The number of hydrogen-bond acceptors (Lipinski definition) is 4. The van der Waals surface area contributed by atoms with Crippen molar-refractivity contribution in [2.75, 3.05) is 12.3 Å². The topological polar surface area (TPSA) is 65.4 Å². The summed E-state index contributed by atoms with van der Waals surface area (Å²) in [6, 6.07) is 5.90. The first-order valence-corrected chi connectivity index (χ1v) is 8.67. The third kappa shape index (κ3) is 5.39. The van der Waals surface area contributed by atoms with Crippen LogP contribution in [0.15, 0.2) is 34.0 Å². The molecule has 1 aromatic heterocycles. The highest BCUT2D eigenvalue weighted by Gasteiger charge is 2.04. The van der Waals surface area contributed by atoms with Gasteiger partial charge in [-0.3, -0.25) is 0 Å². The number of ether oxygens (including phenoxy) is 1. The van der Waals surface area contributed by atoms with Crippen molar-refractivity contribution in [1.82, 2.24) is 9.66 Å². The first-order chi connectivity index (χ1) is 11.1. The second-order valence-corrected chi connectivity index (χ2v) is 6.34. The minimum atomic E-state index is 0.371. The van der Waals surface area contributed by atoms with E-state index in [1.165, 1.54) is 19.3 Å². The van der Waals surface area contributed by atoms with E-state index < -0.39 is 0 Å². The molecule has 0 aliphatic rings. The zero-order valence-electron chi connectivity index (χ0n) is 13.6. The molecule has 0 atom stereocenters. The normalized spacial score (nSPS) is 11.3. The van der Waals surface area contributed by atoms with Gasteiger partial charge in [-0.1, -0.05) is 42.1 Å². The van der Waals surface area contributed by atoms with E-state index >= 15 is 0 Å². The Balaban J connectivity index is 2.07. The van der Waals surface area contributed by atoms with Crippen LogP contribution in [0.25, 0.3) is 0 Å². The van der Waals surface area contributed by atoms with E-state index in [1.807, 2.05) is 25.1 Å². The third-order valence-electron chi connectivity index (χ3n) is 3.38. The second-order valence-electron chi connectivity index (χ2n) is 5.42. The number of aromatic nitrogens is 2. The van der Waals surface area contributed by atoms with Gasteiger partial charge in [0.15, 0.2) is 0 Å². The van der Waals surface area contributed by atoms with Crippen LogP contribution >= 0.6 is 15.9 Å². The summed E-state index contributed by atoms with van der Waals surface area (Å²) in [7, 11) is 0. The number of halogens is 1. The molecule has 0 spiro atoms. The number of nitrogen functional groups attached to an aromatic ring is 1. The van der Waals surface area contributed by atoms with Crippen LogP contribution in [0.4, 0.5) is 5.95 Å². The lowest BCUT2D eigenvalue weighted by Gasteiger charge is -2.09. The van der Waals surface area contributed by atoms with E-state index in [1.54, 1.807) is 17.1 Å². The number of anilines is 1. The summed E-state index contributed by atoms with van der Waals surface area (Å²) in [4.78, 5) is 4.13. The van der Waals surface area contributed by atoms with Gasteiger partial charge in [-0.05, 0) is 31.5 Å². The smallest absolute Gasteiger partial charge is 0.221 e. The number of unbranched alkanes of at least 4 members (excludes halogenated alkanes) is 3. The van der Waals surface area contributed by atoms with Crippen molar-refractivity contribution < 1.29 is 4.74 Å². The lowest BCUT2D eigenvalue weighted by atomic mass is 10.2. The van der Waals surface area contributed by atoms with Crippen molar-refractivity contribution in [3.8, 4) is 5.75 Å². The highest BCUT2D eigenvalue weighted by molar-refractivity contribution is 9.10. The molecule has 5 nitrogen and oxygen atoms in total. The summed E-state index contributed by atoms with van der Waals surface area (Å²) in [6.45, 7) is 4.80. The van der Waals surface area contributed by atoms with Crippen LogP contribution in [-0.2, 0) is 0 Å². The van der Waals surface area contributed by atoms with E-state index in [9.17, 15) is 0 Å². The largest absolute Gasteiger partial charge is 0.493 e. The Morgan fingerprint density at radius 2 is 2.17 bits per heavy atom. The van der Waals surface area contributed by atoms with Crippen molar-refractivity contribution in [2.24, 2.45) is 5.10 Å². The zero-order valence-corrected chi connectivity index (χ0v) is 15.2. The van der Waals surface area contributed by atoms with Crippen LogP contribution in [0.3, 0.4) is 0 Å². The Morgan fingerprint density at radius 3 is 2.87 bits per heavy atom. The number of hydrogen-bond donors (Lipinski definition) is 1. The molecule has 124 valence electrons. The molecule has 23 heavy (non-hydrogen) atoms. The standard InChI is InChI=1S/C17H23BrN4O/c1-3-4-5-6-9-23-16-8-7-15(18)10-14(16)11-20-22-12-13(2)21-17(22)19/h7-8,10-12H,3-6,9H2,1-2H3,(H2,19,21). The molecule has 0 fully saturated rings. The number of nitrogens with zero attached hydrogens (tertiary/aromatic N) is 3. The monoisotopic (exact) mass is 378 g/mol. The first kappa shape index (κ1) is 17.5. The first-order valence-electron chi connectivity index (χ1n) is 7.88. The summed E-state index contributed by atoms with van der Waals surface area (Å²) in [5.74, 6) is 1.19. The lowest BCUT2D eigenvalue weighted by molar-refractivity contribution is 0.304.